The molecule has 7 aliphatic rings. The number of piperidine rings is 1. The fourth-order valence-corrected chi connectivity index (χ4v) is 13.2. The van der Waals surface area contributed by atoms with E-state index in [0.717, 1.165) is 4.90 Å². The third-order valence-corrected chi connectivity index (χ3v) is 14.6. The van der Waals surface area contributed by atoms with Gasteiger partial charge in [0.15, 0.2) is 0 Å². The summed E-state index contributed by atoms with van der Waals surface area (Å²) in [6, 6.07) is 5.95. The van der Waals surface area contributed by atoms with Gasteiger partial charge in [-0.05, 0) is 43.9 Å². The van der Waals surface area contributed by atoms with Crippen molar-refractivity contribution >= 4 is 29.4 Å². The predicted molar refractivity (Wildman–Crippen MR) is 179 cm³/mol. The highest BCUT2D eigenvalue weighted by Gasteiger charge is 2.92. The van der Waals surface area contributed by atoms with E-state index in [-0.39, 0.29) is 60.5 Å². The second kappa shape index (κ2) is 11.8. The van der Waals surface area contributed by atoms with Crippen molar-refractivity contribution in [3.8, 4) is 0 Å². The van der Waals surface area contributed by atoms with Gasteiger partial charge in [0.25, 0.3) is 0 Å². The molecule has 7 fully saturated rings. The Morgan fingerprint density at radius 1 is 1.06 bits per heavy atom. The molecular formula is C38H50N2O11. The van der Waals surface area contributed by atoms with Crippen LogP contribution in [0, 0.1) is 40.4 Å². The number of anilines is 1. The molecule has 0 radical (unpaired) electrons. The highest BCUT2D eigenvalue weighted by atomic mass is 16.6. The van der Waals surface area contributed by atoms with Crippen molar-refractivity contribution < 1.29 is 53.1 Å². The first-order valence-electron chi connectivity index (χ1n) is 18.4. The van der Waals surface area contributed by atoms with Crippen LogP contribution in [0.15, 0.2) is 24.3 Å². The van der Waals surface area contributed by atoms with Crippen molar-refractivity contribution in [1.29, 1.82) is 0 Å². The fraction of sp³-hybridized carbons (Fsp3) is 0.737. The molecule has 1 aromatic carbocycles. The molecule has 2 aliphatic heterocycles. The number of ether oxygens (including phenoxy) is 5. The van der Waals surface area contributed by atoms with Crippen LogP contribution < -0.4 is 4.90 Å². The molecule has 2 N–H and O–H groups in total. The molecule has 8 rings (SSSR count). The minimum Gasteiger partial charge on any atom is -0.462 e. The van der Waals surface area contributed by atoms with E-state index in [9.17, 15) is 29.4 Å². The molecule has 5 saturated carbocycles. The first kappa shape index (κ1) is 35.1. The minimum absolute atomic E-state index is 0.0201. The van der Waals surface area contributed by atoms with Crippen LogP contribution in [0.2, 0.25) is 0 Å². The van der Waals surface area contributed by atoms with E-state index in [4.69, 9.17) is 23.7 Å². The number of likely N-dealkylation sites (tertiary alicyclic amines) is 1. The Morgan fingerprint density at radius 2 is 1.80 bits per heavy atom. The second-order valence-electron chi connectivity index (χ2n) is 16.3. The number of amides is 2. The van der Waals surface area contributed by atoms with Gasteiger partial charge >= 0.3 is 11.9 Å². The van der Waals surface area contributed by atoms with E-state index in [1.165, 1.54) is 6.92 Å². The number of rotatable bonds is 9. The van der Waals surface area contributed by atoms with Crippen molar-refractivity contribution in [1.82, 2.24) is 4.90 Å². The molecule has 2 saturated heterocycles. The van der Waals surface area contributed by atoms with E-state index in [0.29, 0.717) is 32.4 Å². The van der Waals surface area contributed by atoms with Gasteiger partial charge in [0.05, 0.1) is 42.2 Å². The second-order valence-corrected chi connectivity index (χ2v) is 16.3. The average molecular weight is 711 g/mol. The molecule has 4 unspecified atom stereocenters. The number of carbonyl (C=O) groups excluding carboxylic acids is 4. The maximum absolute atomic E-state index is 14.1. The number of hydrogen-bond acceptors (Lipinski definition) is 12. The maximum Gasteiger partial charge on any atom is 0.340 e. The van der Waals surface area contributed by atoms with Crippen LogP contribution in [0.4, 0.5) is 5.69 Å². The third-order valence-electron chi connectivity index (χ3n) is 14.6. The van der Waals surface area contributed by atoms with Crippen LogP contribution in [0.5, 0.6) is 0 Å². The smallest absolute Gasteiger partial charge is 0.340 e. The summed E-state index contributed by atoms with van der Waals surface area (Å²) in [6.45, 7) is 6.10. The fourth-order valence-electron chi connectivity index (χ4n) is 13.2. The van der Waals surface area contributed by atoms with Gasteiger partial charge in [0, 0.05) is 82.1 Å². The lowest BCUT2D eigenvalue weighted by molar-refractivity contribution is -0.319. The molecular weight excluding hydrogens is 660 g/mol. The zero-order valence-electron chi connectivity index (χ0n) is 30.2. The standard InChI is InChI=1S/C38H50N2O11/c1-7-39-17-35(18-50-33(44)21-10-8-9-11-24(21)40-27(42)14-19(2)32(40)43)13-12-26(48-5)37-23-15-22-25(47-4)16-36(45,28(23)29(22)51-20(3)41)38(46,34(37)39)31(49-6)30(35)37/h8-11,19,22-23,25-26,28-31,34,45-46H,7,12-18H2,1-6H3/t19-,22-,23-,25-,26?,28+,29-,30+,31-,34?,35-,36+,37?,38?/m0/s1. The van der Waals surface area contributed by atoms with Gasteiger partial charge in [-0.3, -0.25) is 19.3 Å². The Balaban J connectivity index is 1.24. The van der Waals surface area contributed by atoms with E-state index in [1.54, 1.807) is 52.5 Å². The SMILES string of the molecule is CCN1C[C@]2(COC(=O)c3ccccc3N3C(=O)C[C@H](C)C3=O)CCC(OC)C34C1C(O)([C@@H](OC)[C@@H]32)[C@@]1(O)C[C@H](OC)[C@@H]2C[C@H]4[C@@H]1[C@H]2OC(C)=O. The summed E-state index contributed by atoms with van der Waals surface area (Å²) < 4.78 is 31.1. The Morgan fingerprint density at radius 3 is 2.43 bits per heavy atom. The molecule has 0 aromatic heterocycles. The Kier molecular flexibility index (Phi) is 8.11. The van der Waals surface area contributed by atoms with Crippen molar-refractivity contribution in [2.24, 2.45) is 40.4 Å². The molecule has 51 heavy (non-hydrogen) atoms. The molecule has 14 atom stereocenters. The van der Waals surface area contributed by atoms with Crippen molar-refractivity contribution in [3.63, 3.8) is 0 Å². The number of nitrogens with zero attached hydrogens (tertiary/aromatic N) is 2. The van der Waals surface area contributed by atoms with Crippen LogP contribution in [0.1, 0.15) is 63.2 Å². The quantitative estimate of drug-likeness (QED) is 0.284. The average Bonchev–Trinajstić information content (AvgIpc) is 3.61. The van der Waals surface area contributed by atoms with Crippen LogP contribution in [-0.4, -0.2) is 122 Å². The zero-order chi connectivity index (χ0) is 36.4. The lowest BCUT2D eigenvalue weighted by Gasteiger charge is -2.70. The number of fused-ring (bicyclic) bond motifs is 2. The van der Waals surface area contributed by atoms with E-state index < -0.39 is 76.1 Å². The lowest BCUT2D eigenvalue weighted by Crippen LogP contribution is -2.82. The first-order chi connectivity index (χ1) is 24.3. The van der Waals surface area contributed by atoms with Gasteiger partial charge in [-0.25, -0.2) is 9.69 Å². The van der Waals surface area contributed by atoms with Crippen LogP contribution in [-0.2, 0) is 38.1 Å². The zero-order valence-corrected chi connectivity index (χ0v) is 30.2. The van der Waals surface area contributed by atoms with Crippen LogP contribution >= 0.6 is 0 Å². The number of likely N-dealkylation sites (N-methyl/N-ethyl adjacent to an activating group) is 1. The van der Waals surface area contributed by atoms with Gasteiger partial charge in [0.2, 0.25) is 11.8 Å². The molecule has 2 heterocycles. The summed E-state index contributed by atoms with van der Waals surface area (Å²) in [7, 11) is 4.85. The number of para-hydroxylation sites is 1. The van der Waals surface area contributed by atoms with Crippen LogP contribution in [0.3, 0.4) is 0 Å². The Hall–Kier alpha value is -2.94. The maximum atomic E-state index is 14.1. The number of imide groups is 1. The van der Waals surface area contributed by atoms with E-state index >= 15 is 0 Å². The molecule has 278 valence electrons. The van der Waals surface area contributed by atoms with Gasteiger partial charge in [0.1, 0.15) is 17.3 Å². The summed E-state index contributed by atoms with van der Waals surface area (Å²) >= 11 is 0. The van der Waals surface area contributed by atoms with Gasteiger partial charge in [-0.15, -0.1) is 0 Å². The molecule has 7 bridgehead atoms. The Bertz CT molecular complexity index is 1650. The lowest BCUT2D eigenvalue weighted by atomic mass is 9.42. The number of methoxy groups -OCH3 is 3. The molecule has 13 nitrogen and oxygen atoms in total. The third kappa shape index (κ3) is 4.19. The normalized spacial score (nSPS) is 46.4. The van der Waals surface area contributed by atoms with Gasteiger partial charge in [-0.1, -0.05) is 26.0 Å². The number of esters is 2. The Labute approximate surface area is 297 Å². The highest BCUT2D eigenvalue weighted by molar-refractivity contribution is 6.22. The first-order valence-corrected chi connectivity index (χ1v) is 18.4. The largest absolute Gasteiger partial charge is 0.462 e. The summed E-state index contributed by atoms with van der Waals surface area (Å²) in [5.41, 5.74) is -4.72. The number of aliphatic hydroxyl groups is 2. The minimum atomic E-state index is -1.82. The van der Waals surface area contributed by atoms with Crippen molar-refractivity contribution in [2.75, 3.05) is 45.9 Å². The summed E-state index contributed by atoms with van der Waals surface area (Å²) in [6.07, 6.45) is -0.303. The van der Waals surface area contributed by atoms with E-state index in [2.05, 4.69) is 4.90 Å². The number of benzene rings is 1. The number of hydrogen-bond donors (Lipinski definition) is 2. The molecule has 1 aromatic rings. The molecule has 2 amide bonds. The molecule has 13 heteroatoms. The van der Waals surface area contributed by atoms with E-state index in [1.807, 2.05) is 6.92 Å². The van der Waals surface area contributed by atoms with Crippen molar-refractivity contribution in [2.45, 2.75) is 94.5 Å². The topological polar surface area (TPSA) is 161 Å². The van der Waals surface area contributed by atoms with Crippen LogP contribution in [0.25, 0.3) is 0 Å². The number of carbonyl (C=O) groups is 4. The van der Waals surface area contributed by atoms with Gasteiger partial charge < -0.3 is 33.9 Å². The highest BCUT2D eigenvalue weighted by Crippen LogP contribution is 2.80. The molecule has 5 aliphatic carbocycles. The summed E-state index contributed by atoms with van der Waals surface area (Å²) in [4.78, 5) is 55.9. The van der Waals surface area contributed by atoms with Crippen molar-refractivity contribution in [3.05, 3.63) is 29.8 Å². The monoisotopic (exact) mass is 710 g/mol. The predicted octanol–water partition coefficient (Wildman–Crippen LogP) is 1.95. The van der Waals surface area contributed by atoms with Gasteiger partial charge in [-0.2, -0.15) is 0 Å². The summed E-state index contributed by atoms with van der Waals surface area (Å²) in [5.74, 6) is -3.74. The summed E-state index contributed by atoms with van der Waals surface area (Å²) in [5, 5.41) is 26.7. The molecule has 1 spiro atoms.